The Labute approximate surface area is 138 Å². The van der Waals surface area contributed by atoms with Crippen LogP contribution in [0.25, 0.3) is 11.0 Å². The smallest absolute Gasteiger partial charge is 0.144 e. The van der Waals surface area contributed by atoms with E-state index in [4.69, 9.17) is 21.1 Å². The van der Waals surface area contributed by atoms with Gasteiger partial charge >= 0.3 is 0 Å². The summed E-state index contributed by atoms with van der Waals surface area (Å²) in [6, 6.07) is 5.48. The van der Waals surface area contributed by atoms with Crippen molar-refractivity contribution in [2.24, 2.45) is 0 Å². The van der Waals surface area contributed by atoms with Gasteiger partial charge in [-0.2, -0.15) is 0 Å². The first-order valence-corrected chi connectivity index (χ1v) is 7.42. The summed E-state index contributed by atoms with van der Waals surface area (Å²) in [5, 5.41) is 4.68. The van der Waals surface area contributed by atoms with Crippen molar-refractivity contribution in [3.8, 4) is 11.5 Å². The highest BCUT2D eigenvalue weighted by atomic mass is 35.5. The molecule has 0 fully saturated rings. The number of nitrogens with zero attached hydrogens (tertiary/aromatic N) is 2. The van der Waals surface area contributed by atoms with Crippen LogP contribution < -0.4 is 14.8 Å². The number of nitrogens with one attached hydrogen (secondary N) is 2. The number of aryl methyl sites for hydroxylation is 2. The van der Waals surface area contributed by atoms with Crippen molar-refractivity contribution in [1.29, 1.82) is 0 Å². The number of hydrogen-bond donors (Lipinski definition) is 2. The third-order valence-corrected chi connectivity index (χ3v) is 3.76. The summed E-state index contributed by atoms with van der Waals surface area (Å²) < 4.78 is 10.7. The van der Waals surface area contributed by atoms with Gasteiger partial charge in [-0.3, -0.25) is 0 Å². The predicted octanol–water partition coefficient (Wildman–Crippen LogP) is 3.99. The van der Waals surface area contributed by atoms with Crippen LogP contribution in [0, 0.1) is 13.8 Å². The van der Waals surface area contributed by atoms with Crippen LogP contribution >= 0.6 is 11.6 Å². The number of H-pyrrole nitrogens is 1. The predicted molar refractivity (Wildman–Crippen MR) is 91.2 cm³/mol. The van der Waals surface area contributed by atoms with Crippen LogP contribution in [0.15, 0.2) is 18.2 Å². The third kappa shape index (κ3) is 2.90. The Morgan fingerprint density at radius 2 is 1.78 bits per heavy atom. The molecule has 0 saturated heterocycles. The second-order valence-electron chi connectivity index (χ2n) is 5.15. The summed E-state index contributed by atoms with van der Waals surface area (Å²) >= 11 is 6.14. The van der Waals surface area contributed by atoms with Gasteiger partial charge in [0.05, 0.1) is 30.3 Å². The van der Waals surface area contributed by atoms with Crippen LogP contribution in [0.3, 0.4) is 0 Å². The molecular weight excluding hydrogens is 316 g/mol. The number of aromatic nitrogens is 3. The maximum atomic E-state index is 6.14. The monoisotopic (exact) mass is 332 g/mol. The van der Waals surface area contributed by atoms with E-state index in [-0.39, 0.29) is 0 Å². The fourth-order valence-corrected chi connectivity index (χ4v) is 2.66. The second kappa shape index (κ2) is 5.96. The molecule has 2 aromatic heterocycles. The standard InChI is InChI=1S/C16H17ClN4O2/c1-8-5-10-15(18-8)19-9(2)20-16(10)21-12-7-13(22-3)11(17)6-14(12)23-4/h5-7H,1-4H3,(H2,18,19,20,21). The lowest BCUT2D eigenvalue weighted by molar-refractivity contribution is 0.405. The van der Waals surface area contributed by atoms with Gasteiger partial charge in [0, 0.05) is 17.8 Å². The topological polar surface area (TPSA) is 72.1 Å². The lowest BCUT2D eigenvalue weighted by Crippen LogP contribution is -2.01. The summed E-state index contributed by atoms with van der Waals surface area (Å²) in [4.78, 5) is 12.1. The molecule has 0 radical (unpaired) electrons. The van der Waals surface area contributed by atoms with Gasteiger partial charge in [-0.1, -0.05) is 11.6 Å². The maximum absolute atomic E-state index is 6.14. The molecule has 0 aliphatic rings. The first-order chi connectivity index (χ1) is 11.0. The highest BCUT2D eigenvalue weighted by Gasteiger charge is 2.14. The van der Waals surface area contributed by atoms with Crippen molar-refractivity contribution in [2.75, 3.05) is 19.5 Å². The molecule has 0 bridgehead atoms. The van der Waals surface area contributed by atoms with E-state index in [1.54, 1.807) is 26.4 Å². The number of ether oxygens (including phenoxy) is 2. The highest BCUT2D eigenvalue weighted by Crippen LogP contribution is 2.38. The van der Waals surface area contributed by atoms with Gasteiger partial charge in [0.25, 0.3) is 0 Å². The minimum atomic E-state index is 0.483. The third-order valence-electron chi connectivity index (χ3n) is 3.46. The first kappa shape index (κ1) is 15.4. The SMILES string of the molecule is COc1cc(Nc2nc(C)nc3[nH]c(C)cc23)c(OC)cc1Cl. The zero-order chi connectivity index (χ0) is 16.6. The second-order valence-corrected chi connectivity index (χ2v) is 5.55. The van der Waals surface area contributed by atoms with E-state index in [2.05, 4.69) is 20.3 Å². The Kier molecular flexibility index (Phi) is 4.00. The molecule has 2 heterocycles. The van der Waals surface area contributed by atoms with Gasteiger partial charge in [0.15, 0.2) is 0 Å². The van der Waals surface area contributed by atoms with E-state index >= 15 is 0 Å². The molecule has 7 heteroatoms. The van der Waals surface area contributed by atoms with E-state index in [0.717, 1.165) is 16.7 Å². The summed E-state index contributed by atoms with van der Waals surface area (Å²) in [6.45, 7) is 3.83. The molecule has 23 heavy (non-hydrogen) atoms. The van der Waals surface area contributed by atoms with Crippen molar-refractivity contribution in [1.82, 2.24) is 15.0 Å². The molecule has 1 aromatic carbocycles. The average Bonchev–Trinajstić information content (AvgIpc) is 2.88. The van der Waals surface area contributed by atoms with Crippen LogP contribution in [0.5, 0.6) is 11.5 Å². The number of aromatic amines is 1. The van der Waals surface area contributed by atoms with Gasteiger partial charge < -0.3 is 19.8 Å². The van der Waals surface area contributed by atoms with E-state index in [1.165, 1.54) is 0 Å². The molecule has 0 atom stereocenters. The van der Waals surface area contributed by atoms with E-state index < -0.39 is 0 Å². The number of hydrogen-bond acceptors (Lipinski definition) is 5. The van der Waals surface area contributed by atoms with Crippen molar-refractivity contribution in [3.05, 3.63) is 34.7 Å². The zero-order valence-electron chi connectivity index (χ0n) is 13.3. The minimum absolute atomic E-state index is 0.483. The van der Waals surface area contributed by atoms with E-state index in [1.807, 2.05) is 19.9 Å². The molecule has 0 amide bonds. The highest BCUT2D eigenvalue weighted by molar-refractivity contribution is 6.32. The molecule has 3 aromatic rings. The fraction of sp³-hybridized carbons (Fsp3) is 0.250. The van der Waals surface area contributed by atoms with Gasteiger partial charge in [-0.25, -0.2) is 9.97 Å². The normalized spacial score (nSPS) is 10.8. The molecule has 0 saturated carbocycles. The summed E-state index contributed by atoms with van der Waals surface area (Å²) in [7, 11) is 3.16. The number of benzene rings is 1. The largest absolute Gasteiger partial charge is 0.495 e. The molecular formula is C16H17ClN4O2. The van der Waals surface area contributed by atoms with Gasteiger partial charge in [0.2, 0.25) is 0 Å². The Morgan fingerprint density at radius 1 is 1.04 bits per heavy atom. The molecule has 2 N–H and O–H groups in total. The van der Waals surface area contributed by atoms with Gasteiger partial charge in [-0.15, -0.1) is 0 Å². The maximum Gasteiger partial charge on any atom is 0.144 e. The van der Waals surface area contributed by atoms with Crippen molar-refractivity contribution < 1.29 is 9.47 Å². The zero-order valence-corrected chi connectivity index (χ0v) is 14.1. The van der Waals surface area contributed by atoms with E-state index in [0.29, 0.717) is 33.9 Å². The van der Waals surface area contributed by atoms with Crippen LogP contribution in [0.4, 0.5) is 11.5 Å². The van der Waals surface area contributed by atoms with Crippen LogP contribution in [-0.2, 0) is 0 Å². The molecule has 120 valence electrons. The molecule has 0 aliphatic carbocycles. The molecule has 0 unspecified atom stereocenters. The Morgan fingerprint density at radius 3 is 2.48 bits per heavy atom. The van der Waals surface area contributed by atoms with Crippen molar-refractivity contribution in [3.63, 3.8) is 0 Å². The fourth-order valence-electron chi connectivity index (χ4n) is 2.43. The first-order valence-electron chi connectivity index (χ1n) is 7.04. The van der Waals surface area contributed by atoms with Gasteiger partial charge in [-0.05, 0) is 19.9 Å². The summed E-state index contributed by atoms with van der Waals surface area (Å²) in [5.41, 5.74) is 2.52. The number of methoxy groups -OCH3 is 2. The number of halogens is 1. The quantitative estimate of drug-likeness (QED) is 0.755. The molecule has 3 rings (SSSR count). The lowest BCUT2D eigenvalue weighted by Gasteiger charge is -2.14. The van der Waals surface area contributed by atoms with Crippen LogP contribution in [0.2, 0.25) is 5.02 Å². The number of anilines is 2. The van der Waals surface area contributed by atoms with Crippen molar-refractivity contribution in [2.45, 2.75) is 13.8 Å². The molecule has 6 nitrogen and oxygen atoms in total. The summed E-state index contributed by atoms with van der Waals surface area (Å²) in [6.07, 6.45) is 0. The summed E-state index contributed by atoms with van der Waals surface area (Å²) in [5.74, 6) is 2.52. The lowest BCUT2D eigenvalue weighted by atomic mass is 10.2. The van der Waals surface area contributed by atoms with Gasteiger partial charge in [0.1, 0.15) is 28.8 Å². The number of rotatable bonds is 4. The Hall–Kier alpha value is -2.47. The number of fused-ring (bicyclic) bond motifs is 1. The molecule has 0 aliphatic heterocycles. The van der Waals surface area contributed by atoms with E-state index in [9.17, 15) is 0 Å². The Bertz CT molecular complexity index is 876. The average molecular weight is 333 g/mol. The minimum Gasteiger partial charge on any atom is -0.495 e. The van der Waals surface area contributed by atoms with Crippen LogP contribution in [-0.4, -0.2) is 29.2 Å². The van der Waals surface area contributed by atoms with Crippen LogP contribution in [0.1, 0.15) is 11.5 Å². The Balaban J connectivity index is 2.12. The van der Waals surface area contributed by atoms with Crippen molar-refractivity contribution >= 4 is 34.1 Å². The molecule has 0 spiro atoms.